The Bertz CT molecular complexity index is 1200. The minimum atomic E-state index is -0.450. The van der Waals surface area contributed by atoms with Gasteiger partial charge in [0.25, 0.3) is 0 Å². The molecule has 3 heterocycles. The zero-order chi connectivity index (χ0) is 25.2. The average molecular weight is 487 g/mol. The van der Waals surface area contributed by atoms with Gasteiger partial charge in [-0.05, 0) is 67.7 Å². The van der Waals surface area contributed by atoms with E-state index in [-0.39, 0.29) is 17.7 Å². The first kappa shape index (κ1) is 24.7. The molecule has 5 rings (SSSR count). The maximum Gasteiger partial charge on any atom is 0.226 e. The summed E-state index contributed by atoms with van der Waals surface area (Å²) in [6.45, 7) is 9.54. The van der Waals surface area contributed by atoms with Crippen LogP contribution < -0.4 is 4.90 Å². The van der Waals surface area contributed by atoms with Crippen LogP contribution >= 0.6 is 0 Å². The van der Waals surface area contributed by atoms with Crippen LogP contribution in [0.2, 0.25) is 0 Å². The Morgan fingerprint density at radius 3 is 2.28 bits per heavy atom. The molecule has 36 heavy (non-hydrogen) atoms. The van der Waals surface area contributed by atoms with Gasteiger partial charge < -0.3 is 14.9 Å². The number of carbonyl (C=O) groups is 1. The number of carbonyl (C=O) groups excluding carboxylic acids is 1. The van der Waals surface area contributed by atoms with Crippen molar-refractivity contribution in [3.8, 4) is 0 Å². The van der Waals surface area contributed by atoms with Crippen LogP contribution in [-0.2, 0) is 4.79 Å². The minimum absolute atomic E-state index is 0.0620. The number of fused-ring (bicyclic) bond motifs is 1. The Morgan fingerprint density at radius 1 is 0.917 bits per heavy atom. The number of benzene rings is 2. The second-order valence-corrected chi connectivity index (χ2v) is 10.8. The van der Waals surface area contributed by atoms with Gasteiger partial charge in [0.05, 0.1) is 17.3 Å². The van der Waals surface area contributed by atoms with Crippen LogP contribution in [0.25, 0.3) is 10.9 Å². The molecule has 1 atom stereocenters. The number of amides is 1. The summed E-state index contributed by atoms with van der Waals surface area (Å²) >= 11 is 0. The molecule has 0 aliphatic carbocycles. The van der Waals surface area contributed by atoms with E-state index >= 15 is 0 Å². The number of hydrogen-bond acceptors (Lipinski definition) is 5. The molecular formula is C30H38N4O2. The van der Waals surface area contributed by atoms with Gasteiger partial charge in [0, 0.05) is 37.5 Å². The van der Waals surface area contributed by atoms with Gasteiger partial charge in [-0.1, -0.05) is 50.2 Å². The molecule has 190 valence electrons. The Labute approximate surface area is 214 Å². The lowest BCUT2D eigenvalue weighted by atomic mass is 9.86. The molecule has 2 fully saturated rings. The van der Waals surface area contributed by atoms with Gasteiger partial charge in [-0.2, -0.15) is 0 Å². The molecule has 1 aromatic heterocycles. The number of piperidine rings is 2. The van der Waals surface area contributed by atoms with Crippen molar-refractivity contribution in [1.29, 1.82) is 0 Å². The number of aliphatic hydroxyl groups excluding tert-OH is 1. The van der Waals surface area contributed by atoms with Crippen molar-refractivity contribution < 1.29 is 9.90 Å². The first-order chi connectivity index (χ1) is 17.4. The van der Waals surface area contributed by atoms with Crippen molar-refractivity contribution in [1.82, 2.24) is 14.9 Å². The third kappa shape index (κ3) is 5.10. The van der Waals surface area contributed by atoms with Gasteiger partial charge >= 0.3 is 0 Å². The molecule has 1 amide bonds. The molecule has 0 spiro atoms. The van der Waals surface area contributed by atoms with Gasteiger partial charge in [0.15, 0.2) is 0 Å². The van der Waals surface area contributed by atoms with Crippen LogP contribution in [0.5, 0.6) is 0 Å². The summed E-state index contributed by atoms with van der Waals surface area (Å²) in [7, 11) is 0. The quantitative estimate of drug-likeness (QED) is 0.533. The molecule has 2 aliphatic heterocycles. The van der Waals surface area contributed by atoms with E-state index in [1.54, 1.807) is 0 Å². The molecule has 2 aromatic carbocycles. The zero-order valence-electron chi connectivity index (χ0n) is 21.7. The molecule has 0 bridgehead atoms. The Balaban J connectivity index is 1.17. The molecule has 2 saturated heterocycles. The number of anilines is 1. The number of aromatic nitrogens is 2. The van der Waals surface area contributed by atoms with Crippen molar-refractivity contribution in [3.63, 3.8) is 0 Å². The first-order valence-electron chi connectivity index (χ1n) is 13.5. The maximum atomic E-state index is 13.3. The number of nitrogens with zero attached hydrogens (tertiary/aromatic N) is 4. The number of aryl methyl sites for hydroxylation is 1. The molecule has 0 radical (unpaired) electrons. The molecule has 6 heteroatoms. The Hall–Kier alpha value is -2.99. The average Bonchev–Trinajstić information content (AvgIpc) is 2.92. The SMILES string of the molecule is Cc1nc(N2CCC(C(=O)N3CCC([C@H](O)c4ccccc4)CC3)CC2)nc2ccc(C(C)C)cc12. The van der Waals surface area contributed by atoms with Crippen LogP contribution in [-0.4, -0.2) is 52.1 Å². The minimum Gasteiger partial charge on any atom is -0.388 e. The van der Waals surface area contributed by atoms with E-state index in [1.807, 2.05) is 35.2 Å². The van der Waals surface area contributed by atoms with Crippen molar-refractivity contribution in [2.75, 3.05) is 31.1 Å². The molecule has 6 nitrogen and oxygen atoms in total. The fourth-order valence-electron chi connectivity index (χ4n) is 5.73. The van der Waals surface area contributed by atoms with E-state index < -0.39 is 6.10 Å². The predicted molar refractivity (Wildman–Crippen MR) is 144 cm³/mol. The van der Waals surface area contributed by atoms with Crippen LogP contribution in [0.1, 0.15) is 68.4 Å². The third-order valence-electron chi connectivity index (χ3n) is 8.13. The van der Waals surface area contributed by atoms with Gasteiger partial charge in [-0.15, -0.1) is 0 Å². The first-order valence-corrected chi connectivity index (χ1v) is 13.5. The highest BCUT2D eigenvalue weighted by atomic mass is 16.3. The fraction of sp³-hybridized carbons (Fsp3) is 0.500. The number of aliphatic hydroxyl groups is 1. The lowest BCUT2D eigenvalue weighted by Gasteiger charge is -2.38. The third-order valence-corrected chi connectivity index (χ3v) is 8.13. The summed E-state index contributed by atoms with van der Waals surface area (Å²) in [5, 5.41) is 11.9. The Morgan fingerprint density at radius 2 is 1.61 bits per heavy atom. The van der Waals surface area contributed by atoms with Gasteiger partial charge in [-0.25, -0.2) is 9.97 Å². The highest BCUT2D eigenvalue weighted by molar-refractivity contribution is 5.83. The van der Waals surface area contributed by atoms with E-state index in [9.17, 15) is 9.90 Å². The number of rotatable bonds is 5. The largest absolute Gasteiger partial charge is 0.388 e. The highest BCUT2D eigenvalue weighted by Crippen LogP contribution is 2.32. The Kier molecular flexibility index (Phi) is 7.24. The second-order valence-electron chi connectivity index (χ2n) is 10.8. The molecule has 0 saturated carbocycles. The molecular weight excluding hydrogens is 448 g/mol. The van der Waals surface area contributed by atoms with Crippen molar-refractivity contribution >= 4 is 22.8 Å². The maximum absolute atomic E-state index is 13.3. The van der Waals surface area contributed by atoms with Crippen LogP contribution in [0.4, 0.5) is 5.95 Å². The number of likely N-dealkylation sites (tertiary alicyclic amines) is 1. The lowest BCUT2D eigenvalue weighted by Crippen LogP contribution is -2.46. The standard InChI is InChI=1S/C30H38N4O2/c1-20(2)25-9-10-27-26(19-25)21(3)31-30(32-27)34-17-13-24(14-18-34)29(36)33-15-11-23(12-16-33)28(35)22-7-5-4-6-8-22/h4-10,19-20,23-24,28,35H,11-18H2,1-3H3/t28-/m1/s1. The molecule has 2 aliphatic rings. The van der Waals surface area contributed by atoms with E-state index in [0.29, 0.717) is 5.92 Å². The summed E-state index contributed by atoms with van der Waals surface area (Å²) in [6, 6.07) is 16.4. The van der Waals surface area contributed by atoms with Gasteiger partial charge in [-0.3, -0.25) is 4.79 Å². The second kappa shape index (κ2) is 10.6. The van der Waals surface area contributed by atoms with Crippen LogP contribution in [0, 0.1) is 18.8 Å². The fourth-order valence-corrected chi connectivity index (χ4v) is 5.73. The predicted octanol–water partition coefficient (Wildman–Crippen LogP) is 5.25. The van der Waals surface area contributed by atoms with E-state index in [4.69, 9.17) is 9.97 Å². The topological polar surface area (TPSA) is 69.6 Å². The summed E-state index contributed by atoms with van der Waals surface area (Å²) in [6.07, 6.45) is 2.91. The van der Waals surface area contributed by atoms with Gasteiger partial charge in [0.1, 0.15) is 0 Å². The zero-order valence-corrected chi connectivity index (χ0v) is 21.7. The lowest BCUT2D eigenvalue weighted by molar-refractivity contribution is -0.138. The highest BCUT2D eigenvalue weighted by Gasteiger charge is 2.33. The monoisotopic (exact) mass is 486 g/mol. The summed E-state index contributed by atoms with van der Waals surface area (Å²) in [4.78, 5) is 27.2. The van der Waals surface area contributed by atoms with Crippen molar-refractivity contribution in [3.05, 3.63) is 65.4 Å². The summed E-state index contributed by atoms with van der Waals surface area (Å²) in [5.41, 5.74) is 4.28. The summed E-state index contributed by atoms with van der Waals surface area (Å²) in [5.74, 6) is 1.80. The molecule has 3 aromatic rings. The van der Waals surface area contributed by atoms with E-state index in [2.05, 4.69) is 43.9 Å². The van der Waals surface area contributed by atoms with Gasteiger partial charge in [0.2, 0.25) is 11.9 Å². The normalized spacial score (nSPS) is 18.7. The smallest absolute Gasteiger partial charge is 0.226 e. The molecule has 1 N–H and O–H groups in total. The van der Waals surface area contributed by atoms with Crippen LogP contribution in [0.3, 0.4) is 0 Å². The van der Waals surface area contributed by atoms with E-state index in [1.165, 1.54) is 5.56 Å². The van der Waals surface area contributed by atoms with Crippen molar-refractivity contribution in [2.45, 2.75) is 58.5 Å². The number of hydrogen-bond donors (Lipinski definition) is 1. The molecule has 0 unspecified atom stereocenters. The van der Waals surface area contributed by atoms with E-state index in [0.717, 1.165) is 80.0 Å². The van der Waals surface area contributed by atoms with Crippen LogP contribution in [0.15, 0.2) is 48.5 Å². The summed E-state index contributed by atoms with van der Waals surface area (Å²) < 4.78 is 0. The van der Waals surface area contributed by atoms with Crippen molar-refractivity contribution in [2.24, 2.45) is 11.8 Å².